The maximum atomic E-state index is 13.7. The van der Waals surface area contributed by atoms with Crippen molar-refractivity contribution in [3.63, 3.8) is 0 Å². The van der Waals surface area contributed by atoms with E-state index < -0.39 is 11.5 Å². The van der Waals surface area contributed by atoms with Gasteiger partial charge in [0.2, 0.25) is 11.8 Å². The molecule has 1 aliphatic carbocycles. The van der Waals surface area contributed by atoms with Crippen molar-refractivity contribution in [1.82, 2.24) is 15.1 Å². The number of likely N-dealkylation sites (tertiary alicyclic amines) is 1. The Kier molecular flexibility index (Phi) is 8.83. The average molecular weight is 496 g/mol. The maximum absolute atomic E-state index is 13.7. The zero-order chi connectivity index (χ0) is 25.5. The van der Waals surface area contributed by atoms with Gasteiger partial charge < -0.3 is 15.3 Å². The second-order valence-corrected chi connectivity index (χ2v) is 10.8. The Labute approximate surface area is 214 Å². The number of carbonyl (C=O) groups excluding carboxylic acids is 2. The molecule has 7 heteroatoms. The summed E-state index contributed by atoms with van der Waals surface area (Å²) < 4.78 is 0. The van der Waals surface area contributed by atoms with E-state index in [0.29, 0.717) is 25.3 Å². The molecule has 2 aliphatic heterocycles. The van der Waals surface area contributed by atoms with E-state index in [9.17, 15) is 14.4 Å². The number of piperazine rings is 1. The molecule has 3 fully saturated rings. The lowest BCUT2D eigenvalue weighted by Crippen LogP contribution is -2.73. The van der Waals surface area contributed by atoms with E-state index in [2.05, 4.69) is 17.1 Å². The van der Waals surface area contributed by atoms with E-state index in [4.69, 9.17) is 5.11 Å². The molecule has 2 N–H and O–H groups in total. The fourth-order valence-electron chi connectivity index (χ4n) is 6.17. The van der Waals surface area contributed by atoms with Crippen LogP contribution in [0.3, 0.4) is 0 Å². The van der Waals surface area contributed by atoms with Gasteiger partial charge in [0.15, 0.2) is 0 Å². The minimum Gasteiger partial charge on any atom is -0.478 e. The van der Waals surface area contributed by atoms with E-state index in [-0.39, 0.29) is 17.9 Å². The lowest BCUT2D eigenvalue weighted by molar-refractivity contribution is -0.162. The number of amides is 2. The van der Waals surface area contributed by atoms with E-state index in [1.165, 1.54) is 32.1 Å². The number of aliphatic carboxylic acids is 1. The highest BCUT2D eigenvalue weighted by Crippen LogP contribution is 2.36. The molecule has 7 nitrogen and oxygen atoms in total. The Hall–Kier alpha value is -2.67. The number of hydrogen-bond acceptors (Lipinski definition) is 4. The molecule has 1 aromatic rings. The monoisotopic (exact) mass is 495 g/mol. The highest BCUT2D eigenvalue weighted by Gasteiger charge is 2.53. The average Bonchev–Trinajstić information content (AvgIpc) is 2.88. The number of hydrogen-bond donors (Lipinski definition) is 2. The summed E-state index contributed by atoms with van der Waals surface area (Å²) in [7, 11) is 0. The first-order valence-electron chi connectivity index (χ1n) is 13.8. The summed E-state index contributed by atoms with van der Waals surface area (Å²) in [6.45, 7) is 5.09. The van der Waals surface area contributed by atoms with E-state index in [0.717, 1.165) is 56.1 Å². The van der Waals surface area contributed by atoms with Crippen LogP contribution in [0.2, 0.25) is 0 Å². The molecule has 3 aliphatic rings. The predicted octanol–water partition coefficient (Wildman–Crippen LogP) is 4.22. The van der Waals surface area contributed by atoms with Gasteiger partial charge in [-0.3, -0.25) is 14.5 Å². The Morgan fingerprint density at radius 1 is 1.11 bits per heavy atom. The largest absolute Gasteiger partial charge is 0.478 e. The molecule has 4 rings (SSSR count). The van der Waals surface area contributed by atoms with Crippen molar-refractivity contribution in [3.8, 4) is 0 Å². The normalized spacial score (nSPS) is 23.4. The molecule has 0 unspecified atom stereocenters. The van der Waals surface area contributed by atoms with Crippen molar-refractivity contribution in [1.29, 1.82) is 0 Å². The molecule has 1 spiro atoms. The molecule has 2 saturated heterocycles. The number of rotatable bonds is 9. The fraction of sp³-hybridized carbons (Fsp3) is 0.621. The van der Waals surface area contributed by atoms with E-state index >= 15 is 0 Å². The lowest BCUT2D eigenvalue weighted by Gasteiger charge is -2.52. The quantitative estimate of drug-likeness (QED) is 0.501. The number of carboxylic acids is 1. The predicted molar refractivity (Wildman–Crippen MR) is 140 cm³/mol. The highest BCUT2D eigenvalue weighted by atomic mass is 16.4. The van der Waals surface area contributed by atoms with Crippen molar-refractivity contribution in [2.45, 2.75) is 89.3 Å². The van der Waals surface area contributed by atoms with Crippen molar-refractivity contribution in [2.75, 3.05) is 19.6 Å². The molecule has 2 amide bonds. The summed E-state index contributed by atoms with van der Waals surface area (Å²) in [5.41, 5.74) is 1.28. The number of unbranched alkanes of at least 4 members (excludes halogenated alkanes) is 1. The van der Waals surface area contributed by atoms with Crippen LogP contribution >= 0.6 is 0 Å². The molecule has 36 heavy (non-hydrogen) atoms. The number of piperidine rings is 1. The van der Waals surface area contributed by atoms with Crippen LogP contribution in [-0.2, 0) is 20.9 Å². The molecule has 2 heterocycles. The highest BCUT2D eigenvalue weighted by molar-refractivity contribution is 6.00. The molecular weight excluding hydrogens is 454 g/mol. The van der Waals surface area contributed by atoms with E-state index in [1.807, 2.05) is 29.2 Å². The van der Waals surface area contributed by atoms with Crippen LogP contribution < -0.4 is 5.32 Å². The van der Waals surface area contributed by atoms with Gasteiger partial charge in [0.25, 0.3) is 0 Å². The summed E-state index contributed by atoms with van der Waals surface area (Å²) in [5, 5.41) is 12.0. The maximum Gasteiger partial charge on any atom is 0.328 e. The van der Waals surface area contributed by atoms with Gasteiger partial charge in [0.05, 0.1) is 0 Å². The molecule has 1 atom stereocenters. The standard InChI is InChI=1S/C29H41N3O4/c1-2-3-17-32-27(35)25(20-23-7-5-4-6-8-23)30-28(36)29(32)15-18-31(19-16-29)21-24-11-9-22(10-12-24)13-14-26(33)34/h9-14,23,25H,2-8,15-21H2,1H3,(H,30,36)(H,33,34)/t25-/m0/s1. The molecule has 196 valence electrons. The van der Waals surface area contributed by atoms with Gasteiger partial charge in [-0.05, 0) is 48.8 Å². The van der Waals surface area contributed by atoms with Gasteiger partial charge in [-0.2, -0.15) is 0 Å². The lowest BCUT2D eigenvalue weighted by atomic mass is 9.79. The van der Waals surface area contributed by atoms with Gasteiger partial charge in [0, 0.05) is 32.3 Å². The van der Waals surface area contributed by atoms with Crippen LogP contribution in [0.25, 0.3) is 6.08 Å². The van der Waals surface area contributed by atoms with E-state index in [1.54, 1.807) is 6.08 Å². The Balaban J connectivity index is 1.39. The first-order chi connectivity index (χ1) is 17.4. The Morgan fingerprint density at radius 3 is 2.44 bits per heavy atom. The molecule has 0 aromatic heterocycles. The Morgan fingerprint density at radius 2 is 1.81 bits per heavy atom. The minimum atomic E-state index is -0.958. The van der Waals surface area contributed by atoms with Gasteiger partial charge in [0.1, 0.15) is 11.6 Å². The number of benzene rings is 1. The van der Waals surface area contributed by atoms with Gasteiger partial charge in [-0.25, -0.2) is 4.79 Å². The molecule has 1 saturated carbocycles. The number of nitrogens with one attached hydrogen (secondary N) is 1. The van der Waals surface area contributed by atoms with Crippen LogP contribution in [0, 0.1) is 5.92 Å². The van der Waals surface area contributed by atoms with Gasteiger partial charge in [-0.1, -0.05) is 69.7 Å². The van der Waals surface area contributed by atoms with Gasteiger partial charge in [-0.15, -0.1) is 0 Å². The third kappa shape index (κ3) is 6.17. The zero-order valence-electron chi connectivity index (χ0n) is 21.6. The first-order valence-corrected chi connectivity index (χ1v) is 13.8. The smallest absolute Gasteiger partial charge is 0.328 e. The topological polar surface area (TPSA) is 90.0 Å². The fourth-order valence-corrected chi connectivity index (χ4v) is 6.17. The Bertz CT molecular complexity index is 944. The summed E-state index contributed by atoms with van der Waals surface area (Å²) in [4.78, 5) is 42.3. The van der Waals surface area contributed by atoms with Crippen LogP contribution in [0.5, 0.6) is 0 Å². The van der Waals surface area contributed by atoms with Crippen molar-refractivity contribution < 1.29 is 19.5 Å². The summed E-state index contributed by atoms with van der Waals surface area (Å²) in [5.74, 6) is -0.233. The van der Waals surface area contributed by atoms with Crippen LogP contribution in [-0.4, -0.2) is 63.9 Å². The molecule has 0 radical (unpaired) electrons. The van der Waals surface area contributed by atoms with Gasteiger partial charge >= 0.3 is 5.97 Å². The van der Waals surface area contributed by atoms with Crippen LogP contribution in [0.4, 0.5) is 0 Å². The zero-order valence-corrected chi connectivity index (χ0v) is 21.6. The number of carbonyl (C=O) groups is 3. The van der Waals surface area contributed by atoms with Crippen LogP contribution in [0.1, 0.15) is 82.3 Å². The third-order valence-electron chi connectivity index (χ3n) is 8.33. The molecule has 1 aromatic carbocycles. The molecular formula is C29H41N3O4. The third-order valence-corrected chi connectivity index (χ3v) is 8.33. The molecule has 0 bridgehead atoms. The van der Waals surface area contributed by atoms with Crippen molar-refractivity contribution in [2.24, 2.45) is 5.92 Å². The summed E-state index contributed by atoms with van der Waals surface area (Å²) >= 11 is 0. The number of nitrogens with zero attached hydrogens (tertiary/aromatic N) is 2. The SMILES string of the molecule is CCCCN1C(=O)[C@H](CC2CCCCC2)NC(=O)C12CCN(Cc1ccc(C=CC(=O)O)cc1)CC2. The minimum absolute atomic E-state index is 0.0493. The number of carboxylic acid groups (broad SMARTS) is 1. The second-order valence-electron chi connectivity index (χ2n) is 10.8. The second kappa shape index (κ2) is 12.0. The van der Waals surface area contributed by atoms with Crippen molar-refractivity contribution >= 4 is 23.9 Å². The van der Waals surface area contributed by atoms with Crippen LogP contribution in [0.15, 0.2) is 30.3 Å². The summed E-state index contributed by atoms with van der Waals surface area (Å²) in [6.07, 6.45) is 12.8. The van der Waals surface area contributed by atoms with Crippen molar-refractivity contribution in [3.05, 3.63) is 41.5 Å². The first kappa shape index (κ1) is 26.4. The summed E-state index contributed by atoms with van der Waals surface area (Å²) in [6, 6.07) is 7.52.